The second kappa shape index (κ2) is 11.2. The molecule has 0 saturated heterocycles. The Morgan fingerprint density at radius 1 is 1.15 bits per heavy atom. The van der Waals surface area contributed by atoms with Crippen molar-refractivity contribution in [2.45, 2.75) is 44.6 Å². The van der Waals surface area contributed by atoms with Crippen LogP contribution in [0, 0.1) is 11.6 Å². The van der Waals surface area contributed by atoms with Gasteiger partial charge in [0.15, 0.2) is 11.4 Å². The molecule has 206 valence electrons. The van der Waals surface area contributed by atoms with Gasteiger partial charge >= 0.3 is 0 Å². The van der Waals surface area contributed by atoms with Crippen LogP contribution >= 0.6 is 12.4 Å². The van der Waals surface area contributed by atoms with E-state index in [0.29, 0.717) is 38.6 Å². The maximum absolute atomic E-state index is 14.0. The highest BCUT2D eigenvalue weighted by Gasteiger charge is 2.52. The van der Waals surface area contributed by atoms with E-state index in [0.717, 1.165) is 11.6 Å². The molecule has 1 fully saturated rings. The number of aromatic nitrogens is 1. The number of aromatic hydroxyl groups is 1. The number of fused-ring (bicyclic) bond motifs is 2. The van der Waals surface area contributed by atoms with Crippen molar-refractivity contribution in [1.82, 2.24) is 14.8 Å². The van der Waals surface area contributed by atoms with Gasteiger partial charge in [-0.15, -0.1) is 12.4 Å². The summed E-state index contributed by atoms with van der Waals surface area (Å²) in [6.07, 6.45) is 2.21. The molecule has 1 spiro atoms. The van der Waals surface area contributed by atoms with Gasteiger partial charge < -0.3 is 24.6 Å². The lowest BCUT2D eigenvalue weighted by Crippen LogP contribution is -2.62. The first-order valence-corrected chi connectivity index (χ1v) is 12.4. The van der Waals surface area contributed by atoms with Crippen LogP contribution in [-0.4, -0.2) is 45.6 Å². The zero-order valence-electron chi connectivity index (χ0n) is 21.2. The summed E-state index contributed by atoms with van der Waals surface area (Å²) in [7, 11) is 0. The van der Waals surface area contributed by atoms with Gasteiger partial charge in [0.1, 0.15) is 17.2 Å². The molecule has 11 heteroatoms. The molecular weight excluding hydrogens is 532 g/mol. The predicted molar refractivity (Wildman–Crippen MR) is 141 cm³/mol. The number of nitrogens with zero attached hydrogens (tertiary/aromatic N) is 2. The van der Waals surface area contributed by atoms with E-state index in [1.54, 1.807) is 4.90 Å². The number of nitrogens with one attached hydrogen (secondary N) is 1. The molecule has 39 heavy (non-hydrogen) atoms. The highest BCUT2D eigenvalue weighted by Crippen LogP contribution is 2.46. The van der Waals surface area contributed by atoms with Crippen molar-refractivity contribution in [2.75, 3.05) is 13.1 Å². The van der Waals surface area contributed by atoms with Gasteiger partial charge in [-0.3, -0.25) is 14.4 Å². The fourth-order valence-corrected chi connectivity index (χ4v) is 5.21. The fourth-order valence-electron chi connectivity index (χ4n) is 5.21. The number of rotatable bonds is 7. The van der Waals surface area contributed by atoms with Crippen LogP contribution in [0.3, 0.4) is 0 Å². The zero-order valence-corrected chi connectivity index (χ0v) is 22.0. The second-order valence-corrected chi connectivity index (χ2v) is 9.73. The van der Waals surface area contributed by atoms with Crippen molar-refractivity contribution in [3.8, 4) is 5.75 Å². The minimum atomic E-state index is -0.994. The average Bonchev–Trinajstić information content (AvgIpc) is 2.88. The van der Waals surface area contributed by atoms with E-state index in [-0.39, 0.29) is 41.9 Å². The molecule has 2 aliphatic rings. The summed E-state index contributed by atoms with van der Waals surface area (Å²) in [5.74, 6) is -3.74. The highest BCUT2D eigenvalue weighted by atomic mass is 35.5. The summed E-state index contributed by atoms with van der Waals surface area (Å²) < 4.78 is 34.8. The van der Waals surface area contributed by atoms with Crippen molar-refractivity contribution in [1.29, 1.82) is 0 Å². The third-order valence-corrected chi connectivity index (χ3v) is 7.29. The summed E-state index contributed by atoms with van der Waals surface area (Å²) in [4.78, 5) is 40.6. The molecule has 0 atom stereocenters. The quantitative estimate of drug-likeness (QED) is 0.459. The number of hydrogen-bond donors (Lipinski definition) is 2. The third kappa shape index (κ3) is 5.26. The monoisotopic (exact) mass is 559 g/mol. The van der Waals surface area contributed by atoms with E-state index >= 15 is 0 Å². The molecule has 2 amide bonds. The van der Waals surface area contributed by atoms with Crippen LogP contribution in [0.4, 0.5) is 8.78 Å². The number of carbonyl (C=O) groups excluding carboxylic acids is 2. The number of carbonyl (C=O) groups is 2. The minimum absolute atomic E-state index is 0. The topological polar surface area (TPSA) is 101 Å². The van der Waals surface area contributed by atoms with Gasteiger partial charge in [0.2, 0.25) is 5.43 Å². The average molecular weight is 560 g/mol. The summed E-state index contributed by atoms with van der Waals surface area (Å²) in [6, 6.07) is 12.7. The Kier molecular flexibility index (Phi) is 8.08. The molecule has 2 heterocycles. The van der Waals surface area contributed by atoms with E-state index in [9.17, 15) is 28.3 Å². The van der Waals surface area contributed by atoms with E-state index in [1.165, 1.54) is 16.8 Å². The lowest BCUT2D eigenvalue weighted by Gasteiger charge is -2.54. The minimum Gasteiger partial charge on any atom is -0.503 e. The van der Waals surface area contributed by atoms with Gasteiger partial charge in [-0.1, -0.05) is 36.4 Å². The Morgan fingerprint density at radius 2 is 1.87 bits per heavy atom. The summed E-state index contributed by atoms with van der Waals surface area (Å²) in [5.41, 5.74) is -1.13. The van der Waals surface area contributed by atoms with Crippen molar-refractivity contribution in [2.24, 2.45) is 0 Å². The molecular formula is C28H28ClF2N3O5. The van der Waals surface area contributed by atoms with E-state index in [1.807, 2.05) is 37.3 Å². The van der Waals surface area contributed by atoms with Crippen LogP contribution in [0.2, 0.25) is 0 Å². The first kappa shape index (κ1) is 28.3. The number of benzene rings is 2. The normalized spacial score (nSPS) is 19.7. The van der Waals surface area contributed by atoms with Crippen LogP contribution in [0.5, 0.6) is 5.75 Å². The molecule has 1 aromatic heterocycles. The smallest absolute Gasteiger partial charge is 0.274 e. The molecule has 0 unspecified atom stereocenters. The van der Waals surface area contributed by atoms with Crippen molar-refractivity contribution < 1.29 is 28.2 Å². The number of likely N-dealkylation sites (N-methyl/N-ethyl adjacent to an activating group) is 1. The predicted octanol–water partition coefficient (Wildman–Crippen LogP) is 3.73. The largest absolute Gasteiger partial charge is 0.503 e. The summed E-state index contributed by atoms with van der Waals surface area (Å²) >= 11 is 0. The van der Waals surface area contributed by atoms with Gasteiger partial charge in [-0.2, -0.15) is 0 Å². The van der Waals surface area contributed by atoms with E-state index in [2.05, 4.69) is 5.32 Å². The molecule has 1 saturated carbocycles. The lowest BCUT2D eigenvalue weighted by molar-refractivity contribution is -0.0944. The number of halogens is 3. The zero-order chi connectivity index (χ0) is 27.0. The van der Waals surface area contributed by atoms with E-state index in [4.69, 9.17) is 4.74 Å². The highest BCUT2D eigenvalue weighted by molar-refractivity contribution is 5.99. The number of hydrogen-bond acceptors (Lipinski definition) is 5. The lowest BCUT2D eigenvalue weighted by atomic mass is 9.71. The molecule has 1 aliphatic heterocycles. The van der Waals surface area contributed by atoms with Crippen molar-refractivity contribution in [3.05, 3.63) is 99.0 Å². The number of pyridine rings is 1. The van der Waals surface area contributed by atoms with Crippen LogP contribution in [0.15, 0.2) is 59.5 Å². The van der Waals surface area contributed by atoms with Gasteiger partial charge in [0.25, 0.3) is 11.8 Å². The maximum Gasteiger partial charge on any atom is 0.274 e. The molecule has 8 nitrogen and oxygen atoms in total. The third-order valence-electron chi connectivity index (χ3n) is 7.29. The number of ether oxygens (including phenoxy) is 1. The van der Waals surface area contributed by atoms with Crippen LogP contribution < -0.4 is 10.7 Å². The van der Waals surface area contributed by atoms with Gasteiger partial charge in [-0.05, 0) is 31.4 Å². The van der Waals surface area contributed by atoms with Crippen LogP contribution in [0.25, 0.3) is 0 Å². The molecule has 0 radical (unpaired) electrons. The second-order valence-electron chi connectivity index (χ2n) is 9.73. The molecule has 1 aliphatic carbocycles. The Hall–Kier alpha value is -3.76. The fraction of sp³-hybridized carbons (Fsp3) is 0.321. The Balaban J connectivity index is 0.00000353. The van der Waals surface area contributed by atoms with Crippen LogP contribution in [0.1, 0.15) is 51.7 Å². The Labute approximate surface area is 229 Å². The first-order valence-electron chi connectivity index (χ1n) is 12.4. The van der Waals surface area contributed by atoms with Crippen molar-refractivity contribution >= 4 is 24.2 Å². The SMILES string of the molecule is CCN1C[C@]2(C[C@@H](OCc3ccccc3)C2)n2cc(C(=O)NCc3ccc(F)cc3F)c(=O)c(O)c2C1=O.Cl. The molecule has 0 bridgehead atoms. The standard InChI is InChI=1S/C28H27F2N3O5.ClH/c1-2-32-16-28(11-20(12-28)38-15-17-6-4-3-5-7-17)33-14-21(24(34)25(35)23(33)27(32)37)26(36)31-13-18-8-9-19(29)10-22(18)30;/h3-10,14,20,35H,2,11-13,15-16H2,1H3,(H,31,36);1H/t20-,28-;. The van der Waals surface area contributed by atoms with Gasteiger partial charge in [-0.25, -0.2) is 8.78 Å². The molecule has 5 rings (SSSR count). The Morgan fingerprint density at radius 3 is 2.54 bits per heavy atom. The molecule has 2 aromatic carbocycles. The van der Waals surface area contributed by atoms with Gasteiger partial charge in [0.05, 0.1) is 18.2 Å². The van der Waals surface area contributed by atoms with Crippen molar-refractivity contribution in [3.63, 3.8) is 0 Å². The van der Waals surface area contributed by atoms with E-state index < -0.39 is 40.2 Å². The molecule has 2 N–H and O–H groups in total. The van der Waals surface area contributed by atoms with Crippen LogP contribution in [-0.2, 0) is 23.4 Å². The first-order chi connectivity index (χ1) is 18.2. The Bertz CT molecular complexity index is 1460. The van der Waals surface area contributed by atoms with Gasteiger partial charge in [0, 0.05) is 37.5 Å². The maximum atomic E-state index is 14.0. The molecule has 3 aromatic rings. The summed E-state index contributed by atoms with van der Waals surface area (Å²) in [5, 5.41) is 13.2. The number of amides is 2. The summed E-state index contributed by atoms with van der Waals surface area (Å²) in [6.45, 7) is 2.67.